The molecule has 5 heteroatoms. The van der Waals surface area contributed by atoms with Crippen LogP contribution in [0.5, 0.6) is 0 Å². The van der Waals surface area contributed by atoms with Crippen LogP contribution in [0.4, 0.5) is 0 Å². The molecule has 1 saturated heterocycles. The lowest BCUT2D eigenvalue weighted by atomic mass is 9.77. The number of likely N-dealkylation sites (tertiary alicyclic amines) is 1. The molecular weight excluding hydrogens is 308 g/mol. The minimum atomic E-state index is 0.00531. The highest BCUT2D eigenvalue weighted by Crippen LogP contribution is 2.42. The average molecular weight is 332 g/mol. The van der Waals surface area contributed by atoms with E-state index >= 15 is 0 Å². The van der Waals surface area contributed by atoms with Gasteiger partial charge >= 0.3 is 0 Å². The average Bonchev–Trinajstić information content (AvgIpc) is 3.09. The maximum absolute atomic E-state index is 12.3. The molecule has 1 aliphatic carbocycles. The molecule has 0 aromatic carbocycles. The molecule has 1 aromatic rings. The molecule has 0 unspecified atom stereocenters. The van der Waals surface area contributed by atoms with Gasteiger partial charge in [-0.25, -0.2) is 0 Å². The Kier molecular flexibility index (Phi) is 4.57. The molecule has 0 bridgehead atoms. The van der Waals surface area contributed by atoms with Crippen molar-refractivity contribution in [3.63, 3.8) is 0 Å². The van der Waals surface area contributed by atoms with Crippen molar-refractivity contribution in [3.05, 3.63) is 34.5 Å². The summed E-state index contributed by atoms with van der Waals surface area (Å²) in [4.78, 5) is 27.3. The summed E-state index contributed by atoms with van der Waals surface area (Å²) in [5, 5.41) is 5.13. The van der Waals surface area contributed by atoms with Crippen molar-refractivity contribution in [2.45, 2.75) is 57.0 Å². The molecule has 0 atom stereocenters. The molecule has 4 nitrogen and oxygen atoms in total. The molecule has 2 fully saturated rings. The molecular formula is C18H24N2O2S. The Hall–Kier alpha value is -1.62. The predicted octanol–water partition coefficient (Wildman–Crippen LogP) is 3.28. The maximum Gasteiger partial charge on any atom is 0.261 e. The summed E-state index contributed by atoms with van der Waals surface area (Å²) in [5.74, 6) is 0.297. The van der Waals surface area contributed by atoms with Gasteiger partial charge in [0.1, 0.15) is 0 Å². The number of nitrogens with zero attached hydrogens (tertiary/aromatic N) is 1. The lowest BCUT2D eigenvalue weighted by Gasteiger charge is -2.43. The molecule has 1 aromatic heterocycles. The van der Waals surface area contributed by atoms with Gasteiger partial charge in [0, 0.05) is 24.5 Å². The van der Waals surface area contributed by atoms with Crippen LogP contribution in [0.2, 0.25) is 0 Å². The highest BCUT2D eigenvalue weighted by Gasteiger charge is 2.46. The summed E-state index contributed by atoms with van der Waals surface area (Å²) >= 11 is 1.50. The van der Waals surface area contributed by atoms with Crippen LogP contribution in [0.15, 0.2) is 24.1 Å². The molecule has 1 saturated carbocycles. The predicted molar refractivity (Wildman–Crippen MR) is 92.7 cm³/mol. The largest absolute Gasteiger partial charge is 0.349 e. The number of aryl methyl sites for hydroxylation is 1. The van der Waals surface area contributed by atoms with E-state index in [9.17, 15) is 9.59 Å². The Bertz CT molecular complexity index is 614. The van der Waals surface area contributed by atoms with Crippen molar-refractivity contribution >= 4 is 23.2 Å². The fourth-order valence-electron chi connectivity index (χ4n) is 3.97. The Labute approximate surface area is 141 Å². The standard InChI is InChI=1S/C18H24N2O2S/c1-3-11-20-15(21)6-10-18(20)8-4-14(5-9-18)19-17(22)16-13(2)7-12-23-16/h3,7,12,14H,1,4-6,8-11H2,2H3,(H,19,22). The second kappa shape index (κ2) is 6.48. The highest BCUT2D eigenvalue weighted by molar-refractivity contribution is 7.12. The van der Waals surface area contributed by atoms with E-state index in [-0.39, 0.29) is 23.4 Å². The fourth-order valence-corrected chi connectivity index (χ4v) is 4.80. The van der Waals surface area contributed by atoms with Crippen molar-refractivity contribution < 1.29 is 9.59 Å². The number of rotatable bonds is 4. The van der Waals surface area contributed by atoms with Gasteiger partial charge in [-0.1, -0.05) is 6.08 Å². The zero-order valence-corrected chi connectivity index (χ0v) is 14.5. The SMILES string of the molecule is C=CCN1C(=O)CCC12CCC(NC(=O)c1sccc1C)CC2. The van der Waals surface area contributed by atoms with E-state index in [2.05, 4.69) is 11.9 Å². The molecule has 1 spiro atoms. The number of hydrogen-bond donors (Lipinski definition) is 1. The van der Waals surface area contributed by atoms with E-state index in [1.165, 1.54) is 11.3 Å². The first kappa shape index (κ1) is 16.2. The van der Waals surface area contributed by atoms with Crippen molar-refractivity contribution in [1.82, 2.24) is 10.2 Å². The van der Waals surface area contributed by atoms with Crippen LogP contribution in [-0.4, -0.2) is 34.8 Å². The molecule has 2 heterocycles. The quantitative estimate of drug-likeness (QED) is 0.860. The zero-order chi connectivity index (χ0) is 16.4. The molecule has 1 N–H and O–H groups in total. The lowest BCUT2D eigenvalue weighted by molar-refractivity contribution is -0.131. The molecule has 3 rings (SSSR count). The van der Waals surface area contributed by atoms with Crippen LogP contribution in [0, 0.1) is 6.92 Å². The highest BCUT2D eigenvalue weighted by atomic mass is 32.1. The van der Waals surface area contributed by atoms with Gasteiger partial charge in [-0.15, -0.1) is 17.9 Å². The molecule has 124 valence electrons. The first-order chi connectivity index (χ1) is 11.1. The molecule has 0 radical (unpaired) electrons. The Morgan fingerprint density at radius 3 is 2.83 bits per heavy atom. The van der Waals surface area contributed by atoms with Gasteiger partial charge in [0.15, 0.2) is 0 Å². The molecule has 23 heavy (non-hydrogen) atoms. The van der Waals surface area contributed by atoms with Crippen molar-refractivity contribution in [1.29, 1.82) is 0 Å². The second-order valence-corrected chi connectivity index (χ2v) is 7.61. The first-order valence-corrected chi connectivity index (χ1v) is 9.20. The Balaban J connectivity index is 1.60. The summed E-state index contributed by atoms with van der Waals surface area (Å²) in [6.45, 7) is 6.39. The van der Waals surface area contributed by atoms with Crippen LogP contribution >= 0.6 is 11.3 Å². The fraction of sp³-hybridized carbons (Fsp3) is 0.556. The van der Waals surface area contributed by atoms with Crippen LogP contribution in [0.25, 0.3) is 0 Å². The Morgan fingerprint density at radius 2 is 2.22 bits per heavy atom. The molecule has 2 amide bonds. The van der Waals surface area contributed by atoms with E-state index in [4.69, 9.17) is 0 Å². The molecule has 2 aliphatic rings. The van der Waals surface area contributed by atoms with Gasteiger partial charge in [-0.05, 0) is 56.0 Å². The van der Waals surface area contributed by atoms with Gasteiger partial charge < -0.3 is 10.2 Å². The second-order valence-electron chi connectivity index (χ2n) is 6.70. The van der Waals surface area contributed by atoms with Gasteiger partial charge in [0.05, 0.1) is 4.88 Å². The van der Waals surface area contributed by atoms with Crippen LogP contribution in [0.3, 0.4) is 0 Å². The number of carbonyl (C=O) groups is 2. The third-order valence-electron chi connectivity index (χ3n) is 5.31. The van der Waals surface area contributed by atoms with Crippen molar-refractivity contribution in [2.24, 2.45) is 0 Å². The van der Waals surface area contributed by atoms with Gasteiger partial charge in [-0.2, -0.15) is 0 Å². The van der Waals surface area contributed by atoms with E-state index < -0.39 is 0 Å². The van der Waals surface area contributed by atoms with Crippen LogP contribution < -0.4 is 5.32 Å². The van der Waals surface area contributed by atoms with E-state index in [1.807, 2.05) is 29.3 Å². The number of carbonyl (C=O) groups excluding carboxylic acids is 2. The van der Waals surface area contributed by atoms with E-state index in [0.29, 0.717) is 13.0 Å². The van der Waals surface area contributed by atoms with Gasteiger partial charge in [0.2, 0.25) is 5.91 Å². The number of nitrogens with one attached hydrogen (secondary N) is 1. The number of thiophene rings is 1. The monoisotopic (exact) mass is 332 g/mol. The zero-order valence-electron chi connectivity index (χ0n) is 13.6. The van der Waals surface area contributed by atoms with Crippen molar-refractivity contribution in [2.75, 3.05) is 6.54 Å². The van der Waals surface area contributed by atoms with Crippen molar-refractivity contribution in [3.8, 4) is 0 Å². The summed E-state index contributed by atoms with van der Waals surface area (Å²) in [6, 6.07) is 2.20. The minimum absolute atomic E-state index is 0.00531. The lowest BCUT2D eigenvalue weighted by Crippen LogP contribution is -2.51. The minimum Gasteiger partial charge on any atom is -0.349 e. The molecule has 1 aliphatic heterocycles. The third-order valence-corrected chi connectivity index (χ3v) is 6.32. The smallest absolute Gasteiger partial charge is 0.261 e. The third kappa shape index (κ3) is 3.07. The van der Waals surface area contributed by atoms with Crippen LogP contribution in [0.1, 0.15) is 53.8 Å². The maximum atomic E-state index is 12.3. The first-order valence-electron chi connectivity index (χ1n) is 8.32. The van der Waals surface area contributed by atoms with Crippen LogP contribution in [-0.2, 0) is 4.79 Å². The van der Waals surface area contributed by atoms with Gasteiger partial charge in [-0.3, -0.25) is 9.59 Å². The summed E-state index contributed by atoms with van der Waals surface area (Å²) in [5.41, 5.74) is 1.05. The number of hydrogen-bond acceptors (Lipinski definition) is 3. The summed E-state index contributed by atoms with van der Waals surface area (Å²) in [7, 11) is 0. The topological polar surface area (TPSA) is 49.4 Å². The van der Waals surface area contributed by atoms with Gasteiger partial charge in [0.25, 0.3) is 5.91 Å². The summed E-state index contributed by atoms with van der Waals surface area (Å²) in [6.07, 6.45) is 7.25. The summed E-state index contributed by atoms with van der Waals surface area (Å²) < 4.78 is 0. The Morgan fingerprint density at radius 1 is 1.48 bits per heavy atom. The number of amides is 2. The van der Waals surface area contributed by atoms with E-state index in [0.717, 1.165) is 42.5 Å². The normalized spacial score (nSPS) is 27.4. The van der Waals surface area contributed by atoms with E-state index in [1.54, 1.807) is 0 Å².